The Morgan fingerprint density at radius 1 is 1.12 bits per heavy atom. The summed E-state index contributed by atoms with van der Waals surface area (Å²) >= 11 is 0. The minimum absolute atomic E-state index is 0.0333. The molecule has 0 spiro atoms. The van der Waals surface area contributed by atoms with Crippen LogP contribution in [0, 0.1) is 17.1 Å². The maximum absolute atomic E-state index is 13.7. The van der Waals surface area contributed by atoms with Gasteiger partial charge < -0.3 is 9.88 Å². The fourth-order valence-corrected chi connectivity index (χ4v) is 5.35. The third kappa shape index (κ3) is 3.85. The second-order valence-corrected chi connectivity index (χ2v) is 10.8. The molecule has 0 unspecified atom stereocenters. The molecule has 34 heavy (non-hydrogen) atoms. The summed E-state index contributed by atoms with van der Waals surface area (Å²) < 4.78 is 39.5. The van der Waals surface area contributed by atoms with Crippen molar-refractivity contribution >= 4 is 25.4 Å². The third-order valence-electron chi connectivity index (χ3n) is 6.16. The largest absolute Gasteiger partial charge is 0.381 e. The van der Waals surface area contributed by atoms with Crippen LogP contribution in [-0.4, -0.2) is 13.0 Å². The van der Waals surface area contributed by atoms with Gasteiger partial charge in [0.15, 0.2) is 0 Å². The van der Waals surface area contributed by atoms with Crippen LogP contribution in [0.3, 0.4) is 0 Å². The molecule has 4 aromatic rings. The normalized spacial score (nSPS) is 12.2. The zero-order valence-corrected chi connectivity index (χ0v) is 19.7. The van der Waals surface area contributed by atoms with Gasteiger partial charge in [-0.15, -0.1) is 0 Å². The fourth-order valence-electron chi connectivity index (χ4n) is 4.56. The molecule has 0 fully saturated rings. The van der Waals surface area contributed by atoms with Gasteiger partial charge in [0.1, 0.15) is 16.8 Å². The number of aryl methyl sites for hydroxylation is 1. The van der Waals surface area contributed by atoms with Crippen molar-refractivity contribution in [1.29, 1.82) is 5.26 Å². The van der Waals surface area contributed by atoms with Gasteiger partial charge in [-0.25, -0.2) is 12.8 Å². The van der Waals surface area contributed by atoms with Crippen molar-refractivity contribution in [2.75, 3.05) is 5.32 Å². The van der Waals surface area contributed by atoms with E-state index in [0.29, 0.717) is 12.2 Å². The Morgan fingerprint density at radius 2 is 1.91 bits per heavy atom. The van der Waals surface area contributed by atoms with Crippen molar-refractivity contribution in [3.8, 4) is 28.5 Å². The molecular weight excluding hydrogens is 473 g/mol. The molecule has 170 valence electrons. The van der Waals surface area contributed by atoms with Gasteiger partial charge in [-0.2, -0.15) is 5.26 Å². The second-order valence-electron chi connectivity index (χ2n) is 8.23. The summed E-state index contributed by atoms with van der Waals surface area (Å²) in [7, 11) is 3.53. The molecule has 0 saturated heterocycles. The molecular formula is C26H19ClFN3O2S. The lowest BCUT2D eigenvalue weighted by atomic mass is 9.93. The molecule has 0 bridgehead atoms. The Bertz CT molecular complexity index is 1600. The van der Waals surface area contributed by atoms with Crippen LogP contribution in [0.25, 0.3) is 22.4 Å². The molecule has 1 aromatic heterocycles. The lowest BCUT2D eigenvalue weighted by Crippen LogP contribution is -2.05. The van der Waals surface area contributed by atoms with Crippen molar-refractivity contribution in [1.82, 2.24) is 4.57 Å². The molecule has 0 radical (unpaired) electrons. The molecule has 0 saturated carbocycles. The molecule has 1 aliphatic carbocycles. The summed E-state index contributed by atoms with van der Waals surface area (Å²) in [6, 6.07) is 20.0. The summed E-state index contributed by atoms with van der Waals surface area (Å²) in [4.78, 5) is 0.0379. The van der Waals surface area contributed by atoms with E-state index in [1.54, 1.807) is 23.7 Å². The van der Waals surface area contributed by atoms with Gasteiger partial charge >= 0.3 is 0 Å². The first kappa shape index (κ1) is 22.2. The molecule has 8 heteroatoms. The first-order valence-corrected chi connectivity index (χ1v) is 12.8. The summed E-state index contributed by atoms with van der Waals surface area (Å²) in [5.74, 6) is -0.567. The first-order valence-electron chi connectivity index (χ1n) is 10.5. The van der Waals surface area contributed by atoms with E-state index in [4.69, 9.17) is 15.9 Å². The van der Waals surface area contributed by atoms with Crippen LogP contribution in [0.5, 0.6) is 0 Å². The van der Waals surface area contributed by atoms with E-state index in [-0.39, 0.29) is 10.5 Å². The van der Waals surface area contributed by atoms with Crippen LogP contribution in [0.4, 0.5) is 10.1 Å². The highest BCUT2D eigenvalue weighted by Gasteiger charge is 2.26. The van der Waals surface area contributed by atoms with Crippen molar-refractivity contribution < 1.29 is 12.8 Å². The number of nitrogens with zero attached hydrogens (tertiary/aromatic N) is 2. The van der Waals surface area contributed by atoms with Crippen LogP contribution in [0.1, 0.15) is 22.3 Å². The van der Waals surface area contributed by atoms with Crippen LogP contribution in [-0.2, 0) is 29.1 Å². The number of rotatable bonds is 5. The zero-order valence-electron chi connectivity index (χ0n) is 18.1. The van der Waals surface area contributed by atoms with Crippen molar-refractivity contribution in [3.63, 3.8) is 0 Å². The van der Waals surface area contributed by atoms with Crippen LogP contribution >= 0.6 is 10.7 Å². The van der Waals surface area contributed by atoms with Crippen LogP contribution in [0.15, 0.2) is 71.8 Å². The van der Waals surface area contributed by atoms with Crippen molar-refractivity contribution in [2.45, 2.75) is 17.9 Å². The van der Waals surface area contributed by atoms with Gasteiger partial charge in [0.2, 0.25) is 0 Å². The molecule has 0 aliphatic heterocycles. The number of benzene rings is 3. The first-order chi connectivity index (χ1) is 16.3. The maximum atomic E-state index is 13.7. The third-order valence-corrected chi connectivity index (χ3v) is 7.48. The van der Waals surface area contributed by atoms with Crippen LogP contribution in [0.2, 0.25) is 0 Å². The van der Waals surface area contributed by atoms with Crippen LogP contribution < -0.4 is 5.32 Å². The smallest absolute Gasteiger partial charge is 0.262 e. The average molecular weight is 492 g/mol. The summed E-state index contributed by atoms with van der Waals surface area (Å²) in [5.41, 5.74) is 7.77. The lowest BCUT2D eigenvalue weighted by molar-refractivity contribution is 0.609. The monoisotopic (exact) mass is 491 g/mol. The Labute approximate surface area is 201 Å². The number of nitriles is 1. The number of nitrogens with one attached hydrogen (secondary N) is 1. The highest BCUT2D eigenvalue weighted by atomic mass is 35.7. The van der Waals surface area contributed by atoms with Gasteiger partial charge in [-0.1, -0.05) is 36.4 Å². The van der Waals surface area contributed by atoms with Crippen molar-refractivity contribution in [3.05, 3.63) is 94.9 Å². The highest BCUT2D eigenvalue weighted by molar-refractivity contribution is 8.13. The quantitative estimate of drug-likeness (QED) is 0.315. The number of aromatic nitrogens is 1. The topological polar surface area (TPSA) is 74.9 Å². The van der Waals surface area contributed by atoms with Gasteiger partial charge in [0.25, 0.3) is 9.05 Å². The van der Waals surface area contributed by atoms with E-state index < -0.39 is 14.9 Å². The molecule has 0 amide bonds. The number of halogens is 2. The highest BCUT2D eigenvalue weighted by Crippen LogP contribution is 2.44. The van der Waals surface area contributed by atoms with Gasteiger partial charge in [-0.05, 0) is 58.5 Å². The summed E-state index contributed by atoms with van der Waals surface area (Å²) in [6.07, 6.45) is 2.23. The van der Waals surface area contributed by atoms with Crippen molar-refractivity contribution in [2.24, 2.45) is 7.05 Å². The zero-order chi connectivity index (χ0) is 24.0. The number of fused-ring (bicyclic) bond motifs is 3. The lowest BCUT2D eigenvalue weighted by Gasteiger charge is -2.17. The number of anilines is 1. The molecule has 1 aliphatic rings. The average Bonchev–Trinajstić information content (AvgIpc) is 3.38. The minimum atomic E-state index is -3.89. The van der Waals surface area contributed by atoms with E-state index in [0.717, 1.165) is 39.9 Å². The van der Waals surface area contributed by atoms with E-state index in [1.807, 2.05) is 24.3 Å². The Morgan fingerprint density at radius 3 is 2.65 bits per heavy atom. The maximum Gasteiger partial charge on any atom is 0.262 e. The number of hydrogen-bond donors (Lipinski definition) is 1. The van der Waals surface area contributed by atoms with Gasteiger partial charge in [0.05, 0.1) is 5.56 Å². The fraction of sp³-hybridized carbons (Fsp3) is 0.115. The van der Waals surface area contributed by atoms with Gasteiger partial charge in [0, 0.05) is 47.4 Å². The predicted octanol–water partition coefficient (Wildman–Crippen LogP) is 5.81. The molecule has 1 N–H and O–H groups in total. The molecule has 0 atom stereocenters. The SMILES string of the molecule is Cn1cc(S(=O)(=O)Cl)cc1-c1c(CNc2ccc(F)c(C#N)c2)ccc2c1Cc1ccccc1-2. The van der Waals surface area contributed by atoms with E-state index in [9.17, 15) is 12.8 Å². The van der Waals surface area contributed by atoms with E-state index in [1.165, 1.54) is 23.9 Å². The molecule has 5 rings (SSSR count). The standard InChI is InChI=1S/C26H19ClFN3O2S/c1-31-15-20(34(27,32)33)12-25(31)26-17(14-30-19-7-9-24(28)18(10-19)13-29)6-8-22-21-5-3-2-4-16(21)11-23(22)26/h2-10,12,15,30H,11,14H2,1H3. The Hall–Kier alpha value is -3.60. The predicted molar refractivity (Wildman–Crippen MR) is 131 cm³/mol. The van der Waals surface area contributed by atoms with E-state index in [2.05, 4.69) is 23.5 Å². The Kier molecular flexibility index (Phi) is 5.43. The molecule has 3 aromatic carbocycles. The number of hydrogen-bond acceptors (Lipinski definition) is 4. The Balaban J connectivity index is 1.63. The van der Waals surface area contributed by atoms with Gasteiger partial charge in [-0.3, -0.25) is 0 Å². The second kappa shape index (κ2) is 8.32. The van der Waals surface area contributed by atoms with E-state index >= 15 is 0 Å². The summed E-state index contributed by atoms with van der Waals surface area (Å²) in [5, 5.41) is 12.4. The molecule has 1 heterocycles. The molecule has 5 nitrogen and oxygen atoms in total. The summed E-state index contributed by atoms with van der Waals surface area (Å²) in [6.45, 7) is 0.392. The minimum Gasteiger partial charge on any atom is -0.381 e.